The molecule has 5 heteroatoms. The van der Waals surface area contributed by atoms with Crippen molar-refractivity contribution in [1.82, 2.24) is 9.88 Å². The first kappa shape index (κ1) is 15.3. The molecule has 0 aliphatic rings. The van der Waals surface area contributed by atoms with E-state index in [0.717, 1.165) is 23.8 Å². The third-order valence-corrected chi connectivity index (χ3v) is 3.30. The smallest absolute Gasteiger partial charge is 0.254 e. The van der Waals surface area contributed by atoms with Gasteiger partial charge in [-0.15, -0.1) is 0 Å². The minimum absolute atomic E-state index is 0.0461. The number of aromatic nitrogens is 1. The molecule has 0 spiro atoms. The summed E-state index contributed by atoms with van der Waals surface area (Å²) >= 11 is 5.85. The number of amides is 1. The van der Waals surface area contributed by atoms with Crippen molar-refractivity contribution in [3.63, 3.8) is 0 Å². The van der Waals surface area contributed by atoms with Crippen LogP contribution in [0, 0.1) is 0 Å². The van der Waals surface area contributed by atoms with E-state index in [9.17, 15) is 4.79 Å². The van der Waals surface area contributed by atoms with Gasteiger partial charge in [-0.3, -0.25) is 4.79 Å². The highest BCUT2D eigenvalue weighted by Gasteiger charge is 2.07. The molecule has 4 nitrogen and oxygen atoms in total. The van der Waals surface area contributed by atoms with Crippen LogP contribution in [0.5, 0.6) is 0 Å². The lowest BCUT2D eigenvalue weighted by Crippen LogP contribution is -2.21. The monoisotopic (exact) mass is 303 g/mol. The summed E-state index contributed by atoms with van der Waals surface area (Å²) in [6.07, 6.45) is 2.48. The Morgan fingerprint density at radius 3 is 2.48 bits per heavy atom. The number of hydrogen-bond donors (Lipinski definition) is 1. The molecular formula is C16H18ClN3O. The highest BCUT2D eigenvalue weighted by molar-refractivity contribution is 6.30. The number of carbonyl (C=O) groups is 1. The lowest BCUT2D eigenvalue weighted by molar-refractivity contribution is 0.0827. The Kier molecular flexibility index (Phi) is 5.17. The van der Waals surface area contributed by atoms with E-state index >= 15 is 0 Å². The van der Waals surface area contributed by atoms with Crippen LogP contribution in [0.15, 0.2) is 42.6 Å². The molecule has 0 atom stereocenters. The first-order chi connectivity index (χ1) is 10.1. The minimum Gasteiger partial charge on any atom is -0.370 e. The van der Waals surface area contributed by atoms with E-state index in [-0.39, 0.29) is 5.91 Å². The summed E-state index contributed by atoms with van der Waals surface area (Å²) in [6, 6.07) is 11.4. The fraction of sp³-hybridized carbons (Fsp3) is 0.250. The van der Waals surface area contributed by atoms with Crippen LogP contribution >= 0.6 is 11.6 Å². The Morgan fingerprint density at radius 2 is 1.90 bits per heavy atom. The second-order valence-corrected chi connectivity index (χ2v) is 5.37. The normalized spacial score (nSPS) is 10.2. The Morgan fingerprint density at radius 1 is 1.19 bits per heavy atom. The molecule has 0 aliphatic carbocycles. The zero-order chi connectivity index (χ0) is 15.2. The average molecular weight is 304 g/mol. The molecule has 0 saturated carbocycles. The predicted molar refractivity (Wildman–Crippen MR) is 85.9 cm³/mol. The van der Waals surface area contributed by atoms with Gasteiger partial charge in [0.05, 0.1) is 5.56 Å². The van der Waals surface area contributed by atoms with E-state index < -0.39 is 0 Å². The molecule has 2 rings (SSSR count). The Balaban J connectivity index is 1.86. The standard InChI is InChI=1S/C16H18ClN3O/c1-20(2)16(21)13-5-8-15(19-11-13)18-10-9-12-3-6-14(17)7-4-12/h3-8,11H,9-10H2,1-2H3,(H,18,19). The van der Waals surface area contributed by atoms with Crippen LogP contribution < -0.4 is 5.32 Å². The Bertz CT molecular complexity index is 594. The van der Waals surface area contributed by atoms with E-state index in [2.05, 4.69) is 10.3 Å². The van der Waals surface area contributed by atoms with Gasteiger partial charge >= 0.3 is 0 Å². The highest BCUT2D eigenvalue weighted by atomic mass is 35.5. The molecule has 2 aromatic rings. The van der Waals surface area contributed by atoms with Crippen molar-refractivity contribution in [2.75, 3.05) is 26.0 Å². The van der Waals surface area contributed by atoms with Gasteiger partial charge in [-0.1, -0.05) is 23.7 Å². The van der Waals surface area contributed by atoms with Gasteiger partial charge in [0.15, 0.2) is 0 Å². The number of benzene rings is 1. The molecule has 1 N–H and O–H groups in total. The number of rotatable bonds is 5. The van der Waals surface area contributed by atoms with Crippen LogP contribution in [0.1, 0.15) is 15.9 Å². The predicted octanol–water partition coefficient (Wildman–Crippen LogP) is 3.09. The molecule has 0 bridgehead atoms. The van der Waals surface area contributed by atoms with Gasteiger partial charge in [0, 0.05) is 31.9 Å². The van der Waals surface area contributed by atoms with Gasteiger partial charge in [-0.05, 0) is 36.2 Å². The maximum atomic E-state index is 11.7. The molecule has 1 amide bonds. The van der Waals surface area contributed by atoms with E-state index in [1.807, 2.05) is 30.3 Å². The number of carbonyl (C=O) groups excluding carboxylic acids is 1. The maximum Gasteiger partial charge on any atom is 0.254 e. The van der Waals surface area contributed by atoms with Crippen molar-refractivity contribution < 1.29 is 4.79 Å². The number of nitrogens with one attached hydrogen (secondary N) is 1. The fourth-order valence-electron chi connectivity index (χ4n) is 1.87. The SMILES string of the molecule is CN(C)C(=O)c1ccc(NCCc2ccc(Cl)cc2)nc1. The number of hydrogen-bond acceptors (Lipinski definition) is 3. The molecule has 0 saturated heterocycles. The van der Waals surface area contributed by atoms with Crippen molar-refractivity contribution >= 4 is 23.3 Å². The molecule has 0 radical (unpaired) electrons. The zero-order valence-corrected chi connectivity index (χ0v) is 12.9. The van der Waals surface area contributed by atoms with Gasteiger partial charge < -0.3 is 10.2 Å². The number of pyridine rings is 1. The van der Waals surface area contributed by atoms with Crippen molar-refractivity contribution in [1.29, 1.82) is 0 Å². The summed E-state index contributed by atoms with van der Waals surface area (Å²) in [5, 5.41) is 3.98. The summed E-state index contributed by atoms with van der Waals surface area (Å²) in [7, 11) is 3.45. The van der Waals surface area contributed by atoms with Crippen molar-refractivity contribution in [3.05, 3.63) is 58.7 Å². The molecule has 21 heavy (non-hydrogen) atoms. The second-order valence-electron chi connectivity index (χ2n) is 4.93. The Labute approximate surface area is 129 Å². The lowest BCUT2D eigenvalue weighted by Gasteiger charge is -2.10. The number of halogens is 1. The first-order valence-electron chi connectivity index (χ1n) is 6.72. The third kappa shape index (κ3) is 4.46. The highest BCUT2D eigenvalue weighted by Crippen LogP contribution is 2.11. The molecule has 0 fully saturated rings. The van der Waals surface area contributed by atoms with E-state index in [0.29, 0.717) is 5.56 Å². The lowest BCUT2D eigenvalue weighted by atomic mass is 10.1. The van der Waals surface area contributed by atoms with Crippen LogP contribution in [-0.4, -0.2) is 36.4 Å². The van der Waals surface area contributed by atoms with Gasteiger partial charge in [-0.25, -0.2) is 4.98 Å². The van der Waals surface area contributed by atoms with Crippen molar-refractivity contribution in [3.8, 4) is 0 Å². The fourth-order valence-corrected chi connectivity index (χ4v) is 2.00. The van der Waals surface area contributed by atoms with Gasteiger partial charge in [-0.2, -0.15) is 0 Å². The molecule has 0 unspecified atom stereocenters. The van der Waals surface area contributed by atoms with Gasteiger partial charge in [0.2, 0.25) is 0 Å². The summed E-state index contributed by atoms with van der Waals surface area (Å²) in [5.74, 6) is 0.717. The van der Waals surface area contributed by atoms with Crippen LogP contribution in [0.2, 0.25) is 5.02 Å². The van der Waals surface area contributed by atoms with E-state index in [1.165, 1.54) is 10.5 Å². The molecule has 1 heterocycles. The van der Waals surface area contributed by atoms with Gasteiger partial charge in [0.1, 0.15) is 5.82 Å². The number of nitrogens with zero attached hydrogens (tertiary/aromatic N) is 2. The van der Waals surface area contributed by atoms with E-state index in [1.54, 1.807) is 26.4 Å². The largest absolute Gasteiger partial charge is 0.370 e. The molecule has 110 valence electrons. The molecule has 1 aromatic heterocycles. The first-order valence-corrected chi connectivity index (χ1v) is 7.10. The Hall–Kier alpha value is -2.07. The van der Waals surface area contributed by atoms with Crippen LogP contribution in [0.3, 0.4) is 0 Å². The zero-order valence-electron chi connectivity index (χ0n) is 12.1. The van der Waals surface area contributed by atoms with Crippen LogP contribution in [-0.2, 0) is 6.42 Å². The quantitative estimate of drug-likeness (QED) is 0.923. The summed E-state index contributed by atoms with van der Waals surface area (Å²) in [6.45, 7) is 0.773. The number of anilines is 1. The summed E-state index contributed by atoms with van der Waals surface area (Å²) in [5.41, 5.74) is 1.80. The average Bonchev–Trinajstić information content (AvgIpc) is 2.49. The van der Waals surface area contributed by atoms with Crippen molar-refractivity contribution in [2.45, 2.75) is 6.42 Å². The molecular weight excluding hydrogens is 286 g/mol. The second kappa shape index (κ2) is 7.09. The molecule has 1 aromatic carbocycles. The molecule has 0 aliphatic heterocycles. The van der Waals surface area contributed by atoms with Crippen molar-refractivity contribution in [2.24, 2.45) is 0 Å². The van der Waals surface area contributed by atoms with Gasteiger partial charge in [0.25, 0.3) is 5.91 Å². The summed E-state index contributed by atoms with van der Waals surface area (Å²) < 4.78 is 0. The van der Waals surface area contributed by atoms with E-state index in [4.69, 9.17) is 11.6 Å². The summed E-state index contributed by atoms with van der Waals surface area (Å²) in [4.78, 5) is 17.5. The minimum atomic E-state index is -0.0461. The maximum absolute atomic E-state index is 11.7. The third-order valence-electron chi connectivity index (χ3n) is 3.05. The van der Waals surface area contributed by atoms with Crippen LogP contribution in [0.4, 0.5) is 5.82 Å². The topological polar surface area (TPSA) is 45.2 Å². The van der Waals surface area contributed by atoms with Crippen LogP contribution in [0.25, 0.3) is 0 Å².